The van der Waals surface area contributed by atoms with Crippen molar-refractivity contribution in [1.82, 2.24) is 9.80 Å². The summed E-state index contributed by atoms with van der Waals surface area (Å²) in [7, 11) is -4.86. The van der Waals surface area contributed by atoms with E-state index in [0.29, 0.717) is 13.2 Å². The fourth-order valence-electron chi connectivity index (χ4n) is 1.45. The third kappa shape index (κ3) is 14.0. The van der Waals surface area contributed by atoms with Gasteiger partial charge in [0.25, 0.3) is 6.35 Å². The molecule has 0 aliphatic carbocycles. The zero-order chi connectivity index (χ0) is 18.1. The fraction of sp³-hybridized carbons (Fsp3) is 0.700. The monoisotopic (exact) mass is 382 g/mol. The molecule has 1 aliphatic rings. The summed E-state index contributed by atoms with van der Waals surface area (Å²) in [5.41, 5.74) is 0. The topological polar surface area (TPSA) is 65.5 Å². The summed E-state index contributed by atoms with van der Waals surface area (Å²) in [4.78, 5) is 12.0. The van der Waals surface area contributed by atoms with Crippen molar-refractivity contribution < 1.29 is 35.3 Å². The number of amidine groups is 1. The van der Waals surface area contributed by atoms with Crippen molar-refractivity contribution >= 4 is 14.0 Å². The SMILES string of the molecule is FP(F)(F)(F)F.[C-]#[N+]/C(C#N)=N/OC(N(C)C)N1CCOCC1.[F-]. The molecule has 14 heteroatoms. The summed E-state index contributed by atoms with van der Waals surface area (Å²) < 4.78 is 54.4. The van der Waals surface area contributed by atoms with Gasteiger partial charge in [-0.25, -0.2) is 10.2 Å². The van der Waals surface area contributed by atoms with Crippen molar-refractivity contribution in [2.45, 2.75) is 6.35 Å². The maximum Gasteiger partial charge on any atom is 0.392 e. The van der Waals surface area contributed by atoms with Gasteiger partial charge in [-0.05, 0) is 14.1 Å². The molecule has 24 heavy (non-hydrogen) atoms. The first-order valence-corrected chi connectivity index (χ1v) is 7.72. The van der Waals surface area contributed by atoms with E-state index >= 15 is 0 Å². The molecule has 1 fully saturated rings. The molecule has 0 bridgehead atoms. The fourth-order valence-corrected chi connectivity index (χ4v) is 1.45. The maximum atomic E-state index is 9.84. The quantitative estimate of drug-likeness (QED) is 0.129. The number of hydrogen-bond acceptors (Lipinski definition) is 6. The van der Waals surface area contributed by atoms with Gasteiger partial charge in [-0.3, -0.25) is 9.74 Å². The summed E-state index contributed by atoms with van der Waals surface area (Å²) in [5, 5.41) is 12.1. The summed E-state index contributed by atoms with van der Waals surface area (Å²) in [5.74, 6) is -0.301. The minimum absolute atomic E-state index is 0. The molecular formula is C10H15F6N5O2P-. The standard InChI is InChI=1S/C10H15N5O2.F5P.FH/c1-12-9(8-11)13-17-10(14(2)3)15-4-6-16-7-5-15;1-6(2,3,4)5;/h10H,4-7H2,2-3H3;;1H/p-1/b13-9+;;. The Balaban J connectivity index is 0. The van der Waals surface area contributed by atoms with Gasteiger partial charge in [0, 0.05) is 13.1 Å². The van der Waals surface area contributed by atoms with Crippen LogP contribution in [0.1, 0.15) is 0 Å². The number of nitrogens with zero attached hydrogens (tertiary/aromatic N) is 5. The van der Waals surface area contributed by atoms with Crippen LogP contribution in [-0.4, -0.2) is 62.4 Å². The number of hydrogen-bond donors (Lipinski definition) is 0. The summed E-state index contributed by atoms with van der Waals surface area (Å²) in [6.07, 6.45) is -0.385. The Kier molecular flexibility index (Phi) is 10.5. The molecule has 0 radical (unpaired) electrons. The molecule has 1 aliphatic heterocycles. The molecule has 0 saturated carbocycles. The first-order chi connectivity index (χ1) is 10.4. The summed E-state index contributed by atoms with van der Waals surface area (Å²) >= 11 is 0. The van der Waals surface area contributed by atoms with Crippen molar-refractivity contribution in [3.63, 3.8) is 0 Å². The van der Waals surface area contributed by atoms with E-state index in [-0.39, 0.29) is 16.9 Å². The van der Waals surface area contributed by atoms with E-state index in [0.717, 1.165) is 13.1 Å². The number of nitriles is 1. The molecular weight excluding hydrogens is 367 g/mol. The predicted molar refractivity (Wildman–Crippen MR) is 73.1 cm³/mol. The average Bonchev–Trinajstić information content (AvgIpc) is 2.41. The van der Waals surface area contributed by atoms with Crippen LogP contribution in [0.2, 0.25) is 0 Å². The molecule has 1 heterocycles. The number of rotatable bonds is 4. The van der Waals surface area contributed by atoms with Crippen LogP contribution in [0, 0.1) is 17.9 Å². The molecule has 1 atom stereocenters. The van der Waals surface area contributed by atoms with Crippen LogP contribution in [0.4, 0.5) is 21.0 Å². The van der Waals surface area contributed by atoms with Gasteiger partial charge in [-0.1, -0.05) is 6.57 Å². The van der Waals surface area contributed by atoms with Crippen LogP contribution in [0.25, 0.3) is 4.85 Å². The molecule has 0 aromatic rings. The van der Waals surface area contributed by atoms with Crippen molar-refractivity contribution in [2.24, 2.45) is 5.16 Å². The van der Waals surface area contributed by atoms with Gasteiger partial charge in [0.05, 0.1) is 18.4 Å². The molecule has 0 amide bonds. The van der Waals surface area contributed by atoms with E-state index in [2.05, 4.69) is 10.0 Å². The Labute approximate surface area is 134 Å². The van der Waals surface area contributed by atoms with Crippen LogP contribution in [0.5, 0.6) is 0 Å². The first kappa shape index (κ1) is 24.6. The second kappa shape index (κ2) is 10.3. The Hall–Kier alpha value is -1.66. The number of ether oxygens (including phenoxy) is 1. The Morgan fingerprint density at radius 1 is 1.33 bits per heavy atom. The van der Waals surface area contributed by atoms with Gasteiger partial charge in [0.1, 0.15) is 6.07 Å². The van der Waals surface area contributed by atoms with E-state index in [1.165, 1.54) is 0 Å². The van der Waals surface area contributed by atoms with E-state index in [1.54, 1.807) is 6.07 Å². The Morgan fingerprint density at radius 3 is 2.12 bits per heavy atom. The van der Waals surface area contributed by atoms with Gasteiger partial charge in [0.2, 0.25) is 0 Å². The normalized spacial score (nSPS) is 18.6. The smallest absolute Gasteiger partial charge is 0.392 e. The van der Waals surface area contributed by atoms with Gasteiger partial charge < -0.3 is 14.3 Å². The van der Waals surface area contributed by atoms with Crippen LogP contribution in [0.15, 0.2) is 5.16 Å². The molecule has 1 unspecified atom stereocenters. The molecule has 0 aromatic carbocycles. The van der Waals surface area contributed by atoms with Crippen LogP contribution in [0.3, 0.4) is 0 Å². The molecule has 0 N–H and O–H groups in total. The zero-order valence-corrected chi connectivity index (χ0v) is 13.6. The van der Waals surface area contributed by atoms with Crippen molar-refractivity contribution in [3.05, 3.63) is 11.4 Å². The average molecular weight is 382 g/mol. The first-order valence-electron chi connectivity index (χ1n) is 6.03. The third-order valence-electron chi connectivity index (χ3n) is 2.24. The van der Waals surface area contributed by atoms with Crippen molar-refractivity contribution in [3.8, 4) is 6.07 Å². The van der Waals surface area contributed by atoms with E-state index < -0.39 is 8.16 Å². The predicted octanol–water partition coefficient (Wildman–Crippen LogP) is -0.0970. The number of halogens is 6. The summed E-state index contributed by atoms with van der Waals surface area (Å²) in [6, 6.07) is 1.66. The van der Waals surface area contributed by atoms with E-state index in [9.17, 15) is 21.0 Å². The third-order valence-corrected chi connectivity index (χ3v) is 2.24. The van der Waals surface area contributed by atoms with Crippen LogP contribution in [-0.2, 0) is 9.57 Å². The Morgan fingerprint density at radius 2 is 1.79 bits per heavy atom. The van der Waals surface area contributed by atoms with Crippen LogP contribution >= 0.6 is 8.16 Å². The van der Waals surface area contributed by atoms with Crippen molar-refractivity contribution in [2.75, 3.05) is 40.4 Å². The zero-order valence-electron chi connectivity index (χ0n) is 12.7. The molecule has 0 spiro atoms. The largest absolute Gasteiger partial charge is 1.00 e. The summed E-state index contributed by atoms with van der Waals surface area (Å²) in [6.45, 7) is 9.46. The van der Waals surface area contributed by atoms with Gasteiger partial charge >= 0.3 is 35.0 Å². The molecule has 1 saturated heterocycles. The number of morpholine rings is 1. The Bertz CT molecular complexity index is 460. The molecule has 1 rings (SSSR count). The van der Waals surface area contributed by atoms with Crippen LogP contribution < -0.4 is 4.70 Å². The maximum absolute atomic E-state index is 9.84. The number of oxime groups is 1. The minimum atomic E-state index is -8.55. The van der Waals surface area contributed by atoms with Gasteiger partial charge in [0.15, 0.2) is 0 Å². The molecule has 140 valence electrons. The van der Waals surface area contributed by atoms with E-state index in [4.69, 9.17) is 21.4 Å². The second-order valence-electron chi connectivity index (χ2n) is 4.32. The minimum Gasteiger partial charge on any atom is -1.00 e. The van der Waals surface area contributed by atoms with Crippen molar-refractivity contribution in [1.29, 1.82) is 5.26 Å². The van der Waals surface area contributed by atoms with Gasteiger partial charge in [-0.2, -0.15) is 0 Å². The second-order valence-corrected chi connectivity index (χ2v) is 5.60. The molecule has 7 nitrogen and oxygen atoms in total. The van der Waals surface area contributed by atoms with Gasteiger partial charge in [-0.15, -0.1) is 0 Å². The molecule has 0 aromatic heterocycles. The van der Waals surface area contributed by atoms with E-state index in [1.807, 2.05) is 23.9 Å².